The summed E-state index contributed by atoms with van der Waals surface area (Å²) in [4.78, 5) is 0. The van der Waals surface area contributed by atoms with E-state index in [2.05, 4.69) is 6.07 Å². The Morgan fingerprint density at radius 2 is 2.21 bits per heavy atom. The highest BCUT2D eigenvalue weighted by molar-refractivity contribution is 5.29. The third-order valence-corrected chi connectivity index (χ3v) is 1.74. The molecule has 0 aliphatic carbocycles. The summed E-state index contributed by atoms with van der Waals surface area (Å²) < 4.78 is 10.3. The zero-order valence-corrected chi connectivity index (χ0v) is 8.19. The van der Waals surface area contributed by atoms with Crippen LogP contribution < -0.4 is 4.74 Å². The number of benzene rings is 1. The fraction of sp³-hybridized carbons (Fsp3) is 0.364. The van der Waals surface area contributed by atoms with Gasteiger partial charge in [-0.1, -0.05) is 12.1 Å². The Morgan fingerprint density at radius 3 is 2.93 bits per heavy atom. The SMILES string of the molecule is COCCOc1cccc(CC#N)c1. The molecular weight excluding hydrogens is 178 g/mol. The Hall–Kier alpha value is -1.53. The smallest absolute Gasteiger partial charge is 0.119 e. The van der Waals surface area contributed by atoms with E-state index in [0.29, 0.717) is 19.6 Å². The van der Waals surface area contributed by atoms with Crippen LogP contribution in [-0.4, -0.2) is 20.3 Å². The van der Waals surface area contributed by atoms with E-state index in [1.54, 1.807) is 7.11 Å². The number of hydrogen-bond acceptors (Lipinski definition) is 3. The molecule has 0 spiro atoms. The molecule has 14 heavy (non-hydrogen) atoms. The van der Waals surface area contributed by atoms with Crippen molar-refractivity contribution in [1.29, 1.82) is 5.26 Å². The Balaban J connectivity index is 2.51. The van der Waals surface area contributed by atoms with Gasteiger partial charge in [0, 0.05) is 7.11 Å². The van der Waals surface area contributed by atoms with Gasteiger partial charge in [-0.15, -0.1) is 0 Å². The van der Waals surface area contributed by atoms with Gasteiger partial charge in [0.15, 0.2) is 0 Å². The molecule has 0 heterocycles. The van der Waals surface area contributed by atoms with Gasteiger partial charge in [-0.2, -0.15) is 5.26 Å². The molecule has 1 rings (SSSR count). The van der Waals surface area contributed by atoms with Crippen molar-refractivity contribution in [2.45, 2.75) is 6.42 Å². The lowest BCUT2D eigenvalue weighted by atomic mass is 10.2. The molecule has 0 bridgehead atoms. The summed E-state index contributed by atoms with van der Waals surface area (Å²) in [6.45, 7) is 1.11. The van der Waals surface area contributed by atoms with Crippen molar-refractivity contribution in [3.05, 3.63) is 29.8 Å². The second-order valence-electron chi connectivity index (χ2n) is 2.82. The highest BCUT2D eigenvalue weighted by Gasteiger charge is 1.95. The molecule has 3 heteroatoms. The number of methoxy groups -OCH3 is 1. The van der Waals surface area contributed by atoms with E-state index in [0.717, 1.165) is 11.3 Å². The van der Waals surface area contributed by atoms with E-state index < -0.39 is 0 Å². The molecule has 0 fully saturated rings. The molecule has 0 saturated heterocycles. The summed E-state index contributed by atoms with van der Waals surface area (Å²) in [7, 11) is 1.63. The Labute approximate surface area is 83.9 Å². The van der Waals surface area contributed by atoms with Gasteiger partial charge in [-0.3, -0.25) is 0 Å². The molecule has 0 N–H and O–H groups in total. The standard InChI is InChI=1S/C11H13NO2/c1-13-7-8-14-11-4-2-3-10(9-11)5-6-12/h2-4,9H,5,7-8H2,1H3. The first-order valence-electron chi connectivity index (χ1n) is 4.44. The lowest BCUT2D eigenvalue weighted by molar-refractivity contribution is 0.146. The van der Waals surface area contributed by atoms with Crippen molar-refractivity contribution in [1.82, 2.24) is 0 Å². The molecule has 0 amide bonds. The maximum atomic E-state index is 8.51. The normalized spacial score (nSPS) is 9.43. The van der Waals surface area contributed by atoms with Crippen molar-refractivity contribution < 1.29 is 9.47 Å². The molecule has 0 aliphatic rings. The molecule has 3 nitrogen and oxygen atoms in total. The van der Waals surface area contributed by atoms with Crippen LogP contribution in [0.2, 0.25) is 0 Å². The van der Waals surface area contributed by atoms with E-state index in [-0.39, 0.29) is 0 Å². The zero-order chi connectivity index (χ0) is 10.2. The molecule has 0 aliphatic heterocycles. The molecular formula is C11H13NO2. The second kappa shape index (κ2) is 6.01. The average Bonchev–Trinajstić information content (AvgIpc) is 2.19. The fourth-order valence-electron chi connectivity index (χ4n) is 1.08. The third-order valence-electron chi connectivity index (χ3n) is 1.74. The summed E-state index contributed by atoms with van der Waals surface area (Å²) in [5.74, 6) is 0.787. The van der Waals surface area contributed by atoms with Crippen LogP contribution in [0.3, 0.4) is 0 Å². The Morgan fingerprint density at radius 1 is 1.36 bits per heavy atom. The monoisotopic (exact) mass is 191 g/mol. The van der Waals surface area contributed by atoms with E-state index >= 15 is 0 Å². The minimum atomic E-state index is 0.418. The number of nitriles is 1. The van der Waals surface area contributed by atoms with Gasteiger partial charge < -0.3 is 9.47 Å². The summed E-state index contributed by atoms with van der Waals surface area (Å²) in [6.07, 6.45) is 0.418. The third kappa shape index (κ3) is 3.46. The van der Waals surface area contributed by atoms with Gasteiger partial charge in [0.2, 0.25) is 0 Å². The Kier molecular flexibility index (Phi) is 4.53. The second-order valence-corrected chi connectivity index (χ2v) is 2.82. The highest BCUT2D eigenvalue weighted by atomic mass is 16.5. The predicted molar refractivity (Wildman–Crippen MR) is 53.1 cm³/mol. The van der Waals surface area contributed by atoms with Crippen LogP contribution in [0.5, 0.6) is 5.75 Å². The molecule has 0 radical (unpaired) electrons. The molecule has 0 saturated carbocycles. The van der Waals surface area contributed by atoms with E-state index in [9.17, 15) is 0 Å². The average molecular weight is 191 g/mol. The summed E-state index contributed by atoms with van der Waals surface area (Å²) in [5, 5.41) is 8.51. The number of rotatable bonds is 5. The van der Waals surface area contributed by atoms with Gasteiger partial charge in [0.05, 0.1) is 19.1 Å². The van der Waals surface area contributed by atoms with Gasteiger partial charge in [0.25, 0.3) is 0 Å². The van der Waals surface area contributed by atoms with Crippen molar-refractivity contribution in [2.75, 3.05) is 20.3 Å². The minimum absolute atomic E-state index is 0.418. The van der Waals surface area contributed by atoms with E-state index in [1.165, 1.54) is 0 Å². The minimum Gasteiger partial charge on any atom is -0.491 e. The summed E-state index contributed by atoms with van der Waals surface area (Å²) >= 11 is 0. The maximum Gasteiger partial charge on any atom is 0.119 e. The number of nitrogens with zero attached hydrogens (tertiary/aromatic N) is 1. The number of ether oxygens (including phenoxy) is 2. The van der Waals surface area contributed by atoms with Gasteiger partial charge >= 0.3 is 0 Å². The largest absolute Gasteiger partial charge is 0.491 e. The maximum absolute atomic E-state index is 8.51. The first kappa shape index (κ1) is 10.6. The molecule has 1 aromatic rings. The molecule has 1 aromatic carbocycles. The topological polar surface area (TPSA) is 42.2 Å². The van der Waals surface area contributed by atoms with E-state index in [4.69, 9.17) is 14.7 Å². The van der Waals surface area contributed by atoms with Crippen LogP contribution in [-0.2, 0) is 11.2 Å². The first-order valence-corrected chi connectivity index (χ1v) is 4.44. The molecule has 74 valence electrons. The van der Waals surface area contributed by atoms with Crippen LogP contribution >= 0.6 is 0 Å². The Bertz CT molecular complexity index is 317. The van der Waals surface area contributed by atoms with Gasteiger partial charge in [-0.05, 0) is 17.7 Å². The predicted octanol–water partition coefficient (Wildman–Crippen LogP) is 1.78. The van der Waals surface area contributed by atoms with Gasteiger partial charge in [-0.25, -0.2) is 0 Å². The van der Waals surface area contributed by atoms with Crippen molar-refractivity contribution >= 4 is 0 Å². The van der Waals surface area contributed by atoms with Crippen LogP contribution in [0.15, 0.2) is 24.3 Å². The van der Waals surface area contributed by atoms with Crippen LogP contribution in [0.25, 0.3) is 0 Å². The quantitative estimate of drug-likeness (QED) is 0.666. The fourth-order valence-corrected chi connectivity index (χ4v) is 1.08. The first-order chi connectivity index (χ1) is 6.86. The summed E-state index contributed by atoms with van der Waals surface area (Å²) in [6, 6.07) is 9.64. The summed E-state index contributed by atoms with van der Waals surface area (Å²) in [5.41, 5.74) is 0.974. The van der Waals surface area contributed by atoms with Crippen LogP contribution in [0.1, 0.15) is 5.56 Å². The van der Waals surface area contributed by atoms with Crippen molar-refractivity contribution in [3.63, 3.8) is 0 Å². The molecule has 0 unspecified atom stereocenters. The van der Waals surface area contributed by atoms with Crippen LogP contribution in [0, 0.1) is 11.3 Å². The lowest BCUT2D eigenvalue weighted by Crippen LogP contribution is -2.04. The lowest BCUT2D eigenvalue weighted by Gasteiger charge is -2.05. The van der Waals surface area contributed by atoms with Crippen molar-refractivity contribution in [2.24, 2.45) is 0 Å². The molecule has 0 atom stereocenters. The van der Waals surface area contributed by atoms with Crippen molar-refractivity contribution in [3.8, 4) is 11.8 Å². The van der Waals surface area contributed by atoms with Crippen LogP contribution in [0.4, 0.5) is 0 Å². The van der Waals surface area contributed by atoms with Gasteiger partial charge in [0.1, 0.15) is 12.4 Å². The van der Waals surface area contributed by atoms with E-state index in [1.807, 2.05) is 24.3 Å². The zero-order valence-electron chi connectivity index (χ0n) is 8.19. The highest BCUT2D eigenvalue weighted by Crippen LogP contribution is 2.13. The molecule has 0 aromatic heterocycles. The number of hydrogen-bond donors (Lipinski definition) is 0.